The van der Waals surface area contributed by atoms with Gasteiger partial charge in [0.2, 0.25) is 0 Å². The first-order valence-electron chi connectivity index (χ1n) is 5.82. The van der Waals surface area contributed by atoms with E-state index < -0.39 is 24.6 Å². The van der Waals surface area contributed by atoms with Gasteiger partial charge < -0.3 is 9.47 Å². The van der Waals surface area contributed by atoms with Crippen LogP contribution in [0.15, 0.2) is 17.0 Å². The van der Waals surface area contributed by atoms with Crippen molar-refractivity contribution in [2.75, 3.05) is 25.2 Å². The summed E-state index contributed by atoms with van der Waals surface area (Å²) in [7, 11) is 2.32. The fourth-order valence-electron chi connectivity index (χ4n) is 1.51. The summed E-state index contributed by atoms with van der Waals surface area (Å²) in [5, 5.41) is 10.9. The number of nitro groups is 1. The predicted octanol–water partition coefficient (Wildman–Crippen LogP) is 2.66. The third kappa shape index (κ3) is 4.94. The van der Waals surface area contributed by atoms with Gasteiger partial charge in [0.05, 0.1) is 24.7 Å². The number of hydrogen-bond donors (Lipinski definition) is 0. The molecule has 0 aromatic heterocycles. The van der Waals surface area contributed by atoms with E-state index in [1.807, 2.05) is 6.92 Å². The summed E-state index contributed by atoms with van der Waals surface area (Å²) in [6.45, 7) is 2.24. The molecule has 7 nitrogen and oxygen atoms in total. The Hall–Kier alpha value is -1.19. The molecule has 0 heterocycles. The van der Waals surface area contributed by atoms with Crippen LogP contribution >= 0.6 is 22.4 Å². The van der Waals surface area contributed by atoms with Gasteiger partial charge in [-0.2, -0.15) is 11.8 Å². The molecule has 0 amide bonds. The number of hydrogen-bond acceptors (Lipinski definition) is 7. The molecule has 0 radical (unpaired) electrons. The molecule has 0 bridgehead atoms. The van der Waals surface area contributed by atoms with Crippen LogP contribution in [-0.2, 0) is 9.05 Å². The van der Waals surface area contributed by atoms with Crippen LogP contribution in [0.25, 0.3) is 0 Å². The van der Waals surface area contributed by atoms with Gasteiger partial charge in [-0.05, 0) is 5.75 Å². The number of rotatable bonds is 8. The van der Waals surface area contributed by atoms with Gasteiger partial charge in [-0.25, -0.2) is 8.42 Å². The molecule has 21 heavy (non-hydrogen) atoms. The zero-order chi connectivity index (χ0) is 16.0. The lowest BCUT2D eigenvalue weighted by Crippen LogP contribution is -2.05. The number of benzene rings is 1. The zero-order valence-corrected chi connectivity index (χ0v) is 13.8. The van der Waals surface area contributed by atoms with E-state index in [1.165, 1.54) is 7.11 Å². The van der Waals surface area contributed by atoms with Crippen molar-refractivity contribution in [2.45, 2.75) is 11.8 Å². The molecule has 0 aliphatic heterocycles. The van der Waals surface area contributed by atoms with Crippen LogP contribution in [0.3, 0.4) is 0 Å². The second-order valence-electron chi connectivity index (χ2n) is 3.72. The third-order valence-electron chi connectivity index (χ3n) is 2.37. The van der Waals surface area contributed by atoms with E-state index in [2.05, 4.69) is 0 Å². The summed E-state index contributed by atoms with van der Waals surface area (Å²) in [6.07, 6.45) is 0. The maximum atomic E-state index is 11.5. The van der Waals surface area contributed by atoms with E-state index in [9.17, 15) is 18.5 Å². The Labute approximate surface area is 131 Å². The van der Waals surface area contributed by atoms with Gasteiger partial charge in [0, 0.05) is 22.5 Å². The van der Waals surface area contributed by atoms with Gasteiger partial charge in [0.25, 0.3) is 14.7 Å². The zero-order valence-electron chi connectivity index (χ0n) is 11.4. The lowest BCUT2D eigenvalue weighted by atomic mass is 10.3. The standard InChI is InChI=1S/C11H14ClNO6S2/c1-3-20-5-4-19-9-6-8(13(14)15)7-10(11(9)18-2)21(12,16)17/h6-7H,3-5H2,1-2H3. The molecule has 1 rings (SSSR count). The fraction of sp³-hybridized carbons (Fsp3) is 0.455. The van der Waals surface area contributed by atoms with E-state index in [-0.39, 0.29) is 18.1 Å². The third-order valence-corrected chi connectivity index (χ3v) is 4.56. The lowest BCUT2D eigenvalue weighted by molar-refractivity contribution is -0.385. The van der Waals surface area contributed by atoms with Crippen molar-refractivity contribution in [3.05, 3.63) is 22.2 Å². The molecule has 0 fully saturated rings. The van der Waals surface area contributed by atoms with Crippen LogP contribution in [0.1, 0.15) is 6.92 Å². The van der Waals surface area contributed by atoms with Gasteiger partial charge in [-0.3, -0.25) is 10.1 Å². The minimum atomic E-state index is -4.20. The minimum absolute atomic E-state index is 0.0253. The lowest BCUT2D eigenvalue weighted by Gasteiger charge is -2.12. The van der Waals surface area contributed by atoms with Crippen molar-refractivity contribution < 1.29 is 22.8 Å². The maximum absolute atomic E-state index is 11.5. The number of ether oxygens (including phenoxy) is 2. The highest BCUT2D eigenvalue weighted by Gasteiger charge is 2.26. The molecular weight excluding hydrogens is 342 g/mol. The number of nitro benzene ring substituents is 1. The van der Waals surface area contributed by atoms with Crippen LogP contribution in [0.4, 0.5) is 5.69 Å². The number of halogens is 1. The Morgan fingerprint density at radius 2 is 2.10 bits per heavy atom. The molecule has 0 spiro atoms. The Morgan fingerprint density at radius 1 is 1.43 bits per heavy atom. The molecular formula is C11H14ClNO6S2. The number of non-ortho nitro benzene ring substituents is 1. The van der Waals surface area contributed by atoms with Crippen molar-refractivity contribution in [1.29, 1.82) is 0 Å². The summed E-state index contributed by atoms with van der Waals surface area (Å²) < 4.78 is 33.4. The maximum Gasteiger partial charge on any atom is 0.274 e. The van der Waals surface area contributed by atoms with E-state index in [4.69, 9.17) is 20.2 Å². The van der Waals surface area contributed by atoms with Gasteiger partial charge >= 0.3 is 0 Å². The van der Waals surface area contributed by atoms with Crippen molar-refractivity contribution >= 4 is 37.2 Å². The summed E-state index contributed by atoms with van der Waals surface area (Å²) in [5.74, 6) is 1.39. The molecule has 118 valence electrons. The molecule has 0 aliphatic carbocycles. The van der Waals surface area contributed by atoms with E-state index in [0.29, 0.717) is 5.75 Å². The number of thioether (sulfide) groups is 1. The Morgan fingerprint density at radius 3 is 2.57 bits per heavy atom. The molecule has 10 heteroatoms. The van der Waals surface area contributed by atoms with Crippen LogP contribution in [-0.4, -0.2) is 38.6 Å². The van der Waals surface area contributed by atoms with Gasteiger partial charge in [0.15, 0.2) is 11.5 Å². The molecule has 0 N–H and O–H groups in total. The molecule has 0 aliphatic rings. The quantitative estimate of drug-likeness (QED) is 0.306. The van der Waals surface area contributed by atoms with Crippen LogP contribution in [0.5, 0.6) is 11.5 Å². The Kier molecular flexibility index (Phi) is 6.56. The summed E-state index contributed by atoms with van der Waals surface area (Å²) in [4.78, 5) is 9.66. The molecule has 1 aromatic carbocycles. The average molecular weight is 356 g/mol. The molecule has 0 saturated carbocycles. The summed E-state index contributed by atoms with van der Waals surface area (Å²) >= 11 is 1.62. The fourth-order valence-corrected chi connectivity index (χ4v) is 3.01. The highest BCUT2D eigenvalue weighted by molar-refractivity contribution is 8.13. The molecule has 0 saturated heterocycles. The normalized spacial score (nSPS) is 11.2. The first-order chi connectivity index (χ1) is 9.81. The first kappa shape index (κ1) is 17.9. The second kappa shape index (κ2) is 7.71. The predicted molar refractivity (Wildman–Crippen MR) is 81.2 cm³/mol. The highest BCUT2D eigenvalue weighted by Crippen LogP contribution is 2.39. The largest absolute Gasteiger partial charge is 0.492 e. The molecule has 0 atom stereocenters. The highest BCUT2D eigenvalue weighted by atomic mass is 35.7. The first-order valence-corrected chi connectivity index (χ1v) is 9.29. The van der Waals surface area contributed by atoms with Crippen LogP contribution < -0.4 is 9.47 Å². The van der Waals surface area contributed by atoms with E-state index in [0.717, 1.165) is 17.9 Å². The summed E-state index contributed by atoms with van der Waals surface area (Å²) in [6, 6.07) is 1.95. The molecule has 1 aromatic rings. The second-order valence-corrected chi connectivity index (χ2v) is 7.64. The molecule has 0 unspecified atom stereocenters. The van der Waals surface area contributed by atoms with Crippen molar-refractivity contribution in [2.24, 2.45) is 0 Å². The van der Waals surface area contributed by atoms with Crippen molar-refractivity contribution in [3.8, 4) is 11.5 Å². The smallest absolute Gasteiger partial charge is 0.274 e. The Balaban J connectivity index is 3.26. The van der Waals surface area contributed by atoms with Crippen molar-refractivity contribution in [3.63, 3.8) is 0 Å². The number of methoxy groups -OCH3 is 1. The summed E-state index contributed by atoms with van der Waals surface area (Å²) in [5.41, 5.74) is -0.437. The van der Waals surface area contributed by atoms with Crippen molar-refractivity contribution in [1.82, 2.24) is 0 Å². The average Bonchev–Trinajstić information content (AvgIpc) is 2.41. The van der Waals surface area contributed by atoms with Gasteiger partial charge in [-0.1, -0.05) is 6.92 Å². The topological polar surface area (TPSA) is 95.7 Å². The minimum Gasteiger partial charge on any atom is -0.492 e. The van der Waals surface area contributed by atoms with E-state index >= 15 is 0 Å². The Bertz CT molecular complexity index is 619. The van der Waals surface area contributed by atoms with E-state index in [1.54, 1.807) is 11.8 Å². The SMILES string of the molecule is CCSCCOc1cc([N+](=O)[O-])cc(S(=O)(=O)Cl)c1OC. The van der Waals surface area contributed by atoms with Crippen LogP contribution in [0, 0.1) is 10.1 Å². The van der Waals surface area contributed by atoms with Gasteiger partial charge in [0.1, 0.15) is 4.90 Å². The number of nitrogens with zero attached hydrogens (tertiary/aromatic N) is 1. The van der Waals surface area contributed by atoms with Gasteiger partial charge in [-0.15, -0.1) is 0 Å². The monoisotopic (exact) mass is 355 g/mol. The van der Waals surface area contributed by atoms with Crippen LogP contribution in [0.2, 0.25) is 0 Å².